The van der Waals surface area contributed by atoms with Crippen LogP contribution in [0.3, 0.4) is 0 Å². The van der Waals surface area contributed by atoms with Crippen LogP contribution in [0.5, 0.6) is 5.75 Å². The summed E-state index contributed by atoms with van der Waals surface area (Å²) in [5.74, 6) is 1.51. The van der Waals surface area contributed by atoms with E-state index in [2.05, 4.69) is 5.92 Å². The second-order valence-electron chi connectivity index (χ2n) is 3.23. The molecule has 0 aliphatic rings. The van der Waals surface area contributed by atoms with Gasteiger partial charge in [0.25, 0.3) is 0 Å². The Morgan fingerprint density at radius 1 is 1.53 bits per heavy atom. The zero-order valence-corrected chi connectivity index (χ0v) is 9.42. The first-order chi connectivity index (χ1) is 8.10. The monoisotopic (exact) mass is 236 g/mol. The third-order valence-corrected chi connectivity index (χ3v) is 2.06. The number of ether oxygens (including phenoxy) is 2. The van der Waals surface area contributed by atoms with E-state index in [-0.39, 0.29) is 29.3 Å². The summed E-state index contributed by atoms with van der Waals surface area (Å²) >= 11 is 0. The van der Waals surface area contributed by atoms with Gasteiger partial charge in [-0.25, -0.2) is 4.39 Å². The van der Waals surface area contributed by atoms with Gasteiger partial charge in [-0.3, -0.25) is 5.41 Å². The van der Waals surface area contributed by atoms with E-state index >= 15 is 0 Å². The summed E-state index contributed by atoms with van der Waals surface area (Å²) in [4.78, 5) is 0. The Hall–Kier alpha value is -2.06. The molecule has 1 aromatic rings. The Labute approximate surface area is 99.0 Å². The summed E-state index contributed by atoms with van der Waals surface area (Å²) in [7, 11) is 1.52. The van der Waals surface area contributed by atoms with Crippen molar-refractivity contribution < 1.29 is 13.9 Å². The molecular formula is C12H13FN2O2. The molecule has 0 amide bonds. The zero-order valence-electron chi connectivity index (χ0n) is 9.42. The minimum atomic E-state index is -0.606. The van der Waals surface area contributed by atoms with Crippen LogP contribution < -0.4 is 10.5 Å². The standard InChI is InChI=1S/C12H13FN2O2/c1-3-10(14)8-6-9(13)12(7-11(8)15)17-5-4-16-2/h1,6-7,14H,4-5,15H2,2H3. The lowest BCUT2D eigenvalue weighted by molar-refractivity contribution is 0.144. The van der Waals surface area contributed by atoms with Gasteiger partial charge in [-0.15, -0.1) is 6.42 Å². The highest BCUT2D eigenvalue weighted by Crippen LogP contribution is 2.24. The molecule has 0 spiro atoms. The lowest BCUT2D eigenvalue weighted by atomic mass is 10.1. The Kier molecular flexibility index (Phi) is 4.49. The fourth-order valence-corrected chi connectivity index (χ4v) is 1.21. The number of hydrogen-bond donors (Lipinski definition) is 2. The number of nitrogens with two attached hydrogens (primary N) is 1. The van der Waals surface area contributed by atoms with Crippen LogP contribution in [0.2, 0.25) is 0 Å². The van der Waals surface area contributed by atoms with Crippen LogP contribution in [-0.4, -0.2) is 26.0 Å². The van der Waals surface area contributed by atoms with Crippen molar-refractivity contribution in [3.05, 3.63) is 23.5 Å². The molecule has 0 aromatic heterocycles. The zero-order chi connectivity index (χ0) is 12.8. The van der Waals surface area contributed by atoms with Crippen LogP contribution >= 0.6 is 0 Å². The molecule has 4 nitrogen and oxygen atoms in total. The smallest absolute Gasteiger partial charge is 0.165 e. The molecule has 0 saturated heterocycles. The predicted octanol–water partition coefficient (Wildman–Crippen LogP) is 1.43. The van der Waals surface area contributed by atoms with Gasteiger partial charge in [0.05, 0.1) is 6.61 Å². The van der Waals surface area contributed by atoms with Gasteiger partial charge >= 0.3 is 0 Å². The lowest BCUT2D eigenvalue weighted by Gasteiger charge is -2.10. The van der Waals surface area contributed by atoms with E-state index < -0.39 is 5.82 Å². The first kappa shape index (κ1) is 13.0. The second kappa shape index (κ2) is 5.87. The maximum atomic E-state index is 13.6. The molecule has 5 heteroatoms. The number of terminal acetylenes is 1. The lowest BCUT2D eigenvalue weighted by Crippen LogP contribution is -2.08. The SMILES string of the molecule is C#CC(=N)c1cc(F)c(OCCOC)cc1N. The van der Waals surface area contributed by atoms with Crippen molar-refractivity contribution in [3.8, 4) is 18.1 Å². The molecule has 90 valence electrons. The average Bonchev–Trinajstić information content (AvgIpc) is 2.32. The first-order valence-corrected chi connectivity index (χ1v) is 4.86. The minimum Gasteiger partial charge on any atom is -0.488 e. The molecule has 0 atom stereocenters. The minimum absolute atomic E-state index is 0.0214. The summed E-state index contributed by atoms with van der Waals surface area (Å²) < 4.78 is 23.5. The van der Waals surface area contributed by atoms with E-state index in [4.69, 9.17) is 27.0 Å². The van der Waals surface area contributed by atoms with Gasteiger partial charge in [0.15, 0.2) is 11.6 Å². The number of methoxy groups -OCH3 is 1. The molecule has 0 unspecified atom stereocenters. The van der Waals surface area contributed by atoms with Crippen molar-refractivity contribution in [1.29, 1.82) is 5.41 Å². The Morgan fingerprint density at radius 3 is 2.82 bits per heavy atom. The number of benzene rings is 1. The second-order valence-corrected chi connectivity index (χ2v) is 3.23. The number of rotatable bonds is 5. The van der Waals surface area contributed by atoms with Crippen molar-refractivity contribution in [3.63, 3.8) is 0 Å². The molecule has 0 radical (unpaired) electrons. The fraction of sp³-hybridized carbons (Fsp3) is 0.250. The summed E-state index contributed by atoms with van der Waals surface area (Å²) in [6.07, 6.45) is 5.06. The highest BCUT2D eigenvalue weighted by Gasteiger charge is 2.11. The molecular weight excluding hydrogens is 223 g/mol. The highest BCUT2D eigenvalue weighted by molar-refractivity contribution is 6.13. The Morgan fingerprint density at radius 2 is 2.24 bits per heavy atom. The van der Waals surface area contributed by atoms with Crippen molar-refractivity contribution in [2.45, 2.75) is 0 Å². The van der Waals surface area contributed by atoms with E-state index in [1.807, 2.05) is 0 Å². The van der Waals surface area contributed by atoms with Crippen molar-refractivity contribution in [2.24, 2.45) is 0 Å². The largest absolute Gasteiger partial charge is 0.488 e. The summed E-state index contributed by atoms with van der Waals surface area (Å²) in [6, 6.07) is 2.41. The molecule has 0 fully saturated rings. The van der Waals surface area contributed by atoms with Crippen LogP contribution in [0, 0.1) is 23.6 Å². The van der Waals surface area contributed by atoms with E-state index in [1.165, 1.54) is 13.2 Å². The Bertz CT molecular complexity index is 466. The van der Waals surface area contributed by atoms with Crippen molar-refractivity contribution >= 4 is 11.4 Å². The van der Waals surface area contributed by atoms with E-state index in [9.17, 15) is 4.39 Å². The predicted molar refractivity (Wildman–Crippen MR) is 63.8 cm³/mol. The van der Waals surface area contributed by atoms with E-state index in [0.717, 1.165) is 6.07 Å². The molecule has 0 bridgehead atoms. The van der Waals surface area contributed by atoms with Gasteiger partial charge in [-0.2, -0.15) is 0 Å². The number of hydrogen-bond acceptors (Lipinski definition) is 4. The van der Waals surface area contributed by atoms with Gasteiger partial charge in [-0.1, -0.05) is 5.92 Å². The van der Waals surface area contributed by atoms with Crippen LogP contribution in [0.15, 0.2) is 12.1 Å². The van der Waals surface area contributed by atoms with Gasteiger partial charge in [0.2, 0.25) is 0 Å². The quantitative estimate of drug-likeness (QED) is 0.352. The summed E-state index contributed by atoms with van der Waals surface area (Å²) in [5.41, 5.74) is 5.89. The van der Waals surface area contributed by atoms with E-state index in [1.54, 1.807) is 0 Å². The fourth-order valence-electron chi connectivity index (χ4n) is 1.21. The topological polar surface area (TPSA) is 68.3 Å². The number of halogens is 1. The summed E-state index contributed by atoms with van der Waals surface area (Å²) in [5, 5.41) is 7.41. The highest BCUT2D eigenvalue weighted by atomic mass is 19.1. The normalized spacial score (nSPS) is 9.71. The van der Waals surface area contributed by atoms with Crippen molar-refractivity contribution in [1.82, 2.24) is 0 Å². The molecule has 0 heterocycles. The van der Waals surface area contributed by atoms with Crippen LogP contribution in [0.1, 0.15) is 5.56 Å². The maximum Gasteiger partial charge on any atom is 0.165 e. The Balaban J connectivity index is 2.94. The van der Waals surface area contributed by atoms with Gasteiger partial charge in [0.1, 0.15) is 12.3 Å². The van der Waals surface area contributed by atoms with Crippen LogP contribution in [0.25, 0.3) is 0 Å². The van der Waals surface area contributed by atoms with E-state index in [0.29, 0.717) is 6.61 Å². The van der Waals surface area contributed by atoms with Gasteiger partial charge < -0.3 is 15.2 Å². The molecule has 3 N–H and O–H groups in total. The maximum absolute atomic E-state index is 13.6. The van der Waals surface area contributed by atoms with Crippen molar-refractivity contribution in [2.75, 3.05) is 26.1 Å². The molecule has 0 saturated carbocycles. The third-order valence-electron chi connectivity index (χ3n) is 2.06. The molecule has 0 aliphatic heterocycles. The molecule has 1 aromatic carbocycles. The number of anilines is 1. The molecule has 17 heavy (non-hydrogen) atoms. The molecule has 1 rings (SSSR count). The number of nitrogen functional groups attached to an aromatic ring is 1. The third kappa shape index (κ3) is 3.20. The van der Waals surface area contributed by atoms with Gasteiger partial charge in [0, 0.05) is 24.4 Å². The summed E-state index contributed by atoms with van der Waals surface area (Å²) in [6.45, 7) is 0.570. The first-order valence-electron chi connectivity index (χ1n) is 4.86. The molecule has 0 aliphatic carbocycles. The van der Waals surface area contributed by atoms with Gasteiger partial charge in [-0.05, 0) is 6.07 Å². The van der Waals surface area contributed by atoms with Crippen LogP contribution in [-0.2, 0) is 4.74 Å². The average molecular weight is 236 g/mol. The van der Waals surface area contributed by atoms with Crippen LogP contribution in [0.4, 0.5) is 10.1 Å². The number of nitrogens with one attached hydrogen (secondary N) is 1.